The van der Waals surface area contributed by atoms with Crippen LogP contribution in [0.15, 0.2) is 0 Å². The van der Waals surface area contributed by atoms with Crippen molar-refractivity contribution in [3.05, 3.63) is 0 Å². The average Bonchev–Trinajstić information content (AvgIpc) is 2.00. The summed E-state index contributed by atoms with van der Waals surface area (Å²) in [5, 5.41) is 3.12. The number of hydrogen-bond acceptors (Lipinski definition) is 4. The van der Waals surface area contributed by atoms with Crippen LogP contribution in [0.2, 0.25) is 0 Å². The molecule has 0 aliphatic carbocycles. The van der Waals surface area contributed by atoms with Crippen molar-refractivity contribution in [2.45, 2.75) is 19.0 Å². The molecule has 2 unspecified atom stereocenters. The van der Waals surface area contributed by atoms with Crippen molar-refractivity contribution in [1.29, 1.82) is 0 Å². The molecule has 1 amide bonds. The maximum atomic E-state index is 10.5. The molecule has 0 spiro atoms. The molecule has 0 saturated heterocycles. The Morgan fingerprint density at radius 2 is 2.25 bits per heavy atom. The van der Waals surface area contributed by atoms with Crippen LogP contribution in [-0.4, -0.2) is 36.5 Å². The quantitative estimate of drug-likeness (QED) is 0.510. The molecule has 0 aliphatic heterocycles. The van der Waals surface area contributed by atoms with Crippen LogP contribution in [0, 0.1) is 0 Å². The molecule has 0 fully saturated rings. The van der Waals surface area contributed by atoms with Crippen molar-refractivity contribution >= 4 is 17.7 Å². The van der Waals surface area contributed by atoms with E-state index in [1.54, 1.807) is 11.8 Å². The Balaban J connectivity index is 3.46. The van der Waals surface area contributed by atoms with Gasteiger partial charge in [0.2, 0.25) is 5.91 Å². The van der Waals surface area contributed by atoms with E-state index in [-0.39, 0.29) is 0 Å². The van der Waals surface area contributed by atoms with Gasteiger partial charge >= 0.3 is 0 Å². The SMILES string of the molecule is CSCC(C)NCC(N)C(N)=O. The summed E-state index contributed by atoms with van der Waals surface area (Å²) < 4.78 is 0. The first-order valence-electron chi connectivity index (χ1n) is 3.85. The van der Waals surface area contributed by atoms with Crippen LogP contribution in [0.3, 0.4) is 0 Å². The molecule has 5 heteroatoms. The van der Waals surface area contributed by atoms with E-state index < -0.39 is 11.9 Å². The summed E-state index contributed by atoms with van der Waals surface area (Å²) >= 11 is 1.75. The van der Waals surface area contributed by atoms with E-state index in [9.17, 15) is 4.79 Å². The molecule has 0 aromatic carbocycles. The number of carbonyl (C=O) groups is 1. The molecule has 0 aromatic rings. The van der Waals surface area contributed by atoms with Gasteiger partial charge in [0, 0.05) is 18.3 Å². The predicted molar refractivity (Wildman–Crippen MR) is 53.0 cm³/mol. The fourth-order valence-corrected chi connectivity index (χ4v) is 1.36. The van der Waals surface area contributed by atoms with E-state index in [0.29, 0.717) is 12.6 Å². The zero-order valence-electron chi connectivity index (χ0n) is 7.54. The molecule has 0 rings (SSSR count). The van der Waals surface area contributed by atoms with Gasteiger partial charge in [-0.1, -0.05) is 0 Å². The Morgan fingerprint density at radius 3 is 2.67 bits per heavy atom. The van der Waals surface area contributed by atoms with E-state index in [1.165, 1.54) is 0 Å². The van der Waals surface area contributed by atoms with Gasteiger partial charge in [0.15, 0.2) is 0 Å². The molecule has 0 saturated carbocycles. The third-order valence-electron chi connectivity index (χ3n) is 1.47. The van der Waals surface area contributed by atoms with Gasteiger partial charge in [-0.25, -0.2) is 0 Å². The Kier molecular flexibility index (Phi) is 6.14. The van der Waals surface area contributed by atoms with Gasteiger partial charge in [-0.15, -0.1) is 0 Å². The lowest BCUT2D eigenvalue weighted by atomic mass is 10.3. The fourth-order valence-electron chi connectivity index (χ4n) is 0.738. The van der Waals surface area contributed by atoms with Crippen LogP contribution in [0.4, 0.5) is 0 Å². The lowest BCUT2D eigenvalue weighted by Gasteiger charge is -2.14. The zero-order valence-corrected chi connectivity index (χ0v) is 8.36. The van der Waals surface area contributed by atoms with Gasteiger partial charge < -0.3 is 16.8 Å². The highest BCUT2D eigenvalue weighted by Gasteiger charge is 2.09. The standard InChI is InChI=1S/C7H17N3OS/c1-5(4-12-2)10-3-6(8)7(9)11/h5-6,10H,3-4,8H2,1-2H3,(H2,9,11). The van der Waals surface area contributed by atoms with Crippen molar-refractivity contribution in [3.8, 4) is 0 Å². The number of nitrogens with one attached hydrogen (secondary N) is 1. The fraction of sp³-hybridized carbons (Fsp3) is 0.857. The lowest BCUT2D eigenvalue weighted by Crippen LogP contribution is -2.46. The molecule has 12 heavy (non-hydrogen) atoms. The third kappa shape index (κ3) is 5.40. The molecular formula is C7H17N3OS. The molecule has 0 heterocycles. The van der Waals surface area contributed by atoms with Gasteiger partial charge in [-0.3, -0.25) is 4.79 Å². The topological polar surface area (TPSA) is 81.1 Å². The zero-order chi connectivity index (χ0) is 9.56. The Labute approximate surface area is 77.4 Å². The van der Waals surface area contributed by atoms with E-state index in [2.05, 4.69) is 5.32 Å². The number of nitrogens with two attached hydrogens (primary N) is 2. The summed E-state index contributed by atoms with van der Waals surface area (Å²) in [5.41, 5.74) is 10.4. The molecule has 2 atom stereocenters. The second-order valence-corrected chi connectivity index (χ2v) is 3.68. The van der Waals surface area contributed by atoms with Crippen LogP contribution < -0.4 is 16.8 Å². The predicted octanol–water partition coefficient (Wildman–Crippen LogP) is -0.860. The first-order chi connectivity index (χ1) is 5.57. The van der Waals surface area contributed by atoms with Gasteiger partial charge in [0.1, 0.15) is 0 Å². The van der Waals surface area contributed by atoms with Crippen molar-refractivity contribution in [2.75, 3.05) is 18.6 Å². The Morgan fingerprint density at radius 1 is 1.67 bits per heavy atom. The highest BCUT2D eigenvalue weighted by molar-refractivity contribution is 7.98. The van der Waals surface area contributed by atoms with Crippen LogP contribution in [0.1, 0.15) is 6.92 Å². The van der Waals surface area contributed by atoms with E-state index in [1.807, 2.05) is 13.2 Å². The second kappa shape index (κ2) is 6.28. The second-order valence-electron chi connectivity index (χ2n) is 2.77. The van der Waals surface area contributed by atoms with Crippen LogP contribution in [-0.2, 0) is 4.79 Å². The molecule has 72 valence electrons. The van der Waals surface area contributed by atoms with Gasteiger partial charge in [0.25, 0.3) is 0 Å². The first-order valence-corrected chi connectivity index (χ1v) is 5.24. The van der Waals surface area contributed by atoms with Crippen LogP contribution in [0.5, 0.6) is 0 Å². The van der Waals surface area contributed by atoms with Gasteiger partial charge in [0.05, 0.1) is 6.04 Å². The highest BCUT2D eigenvalue weighted by Crippen LogP contribution is 1.95. The summed E-state index contributed by atoms with van der Waals surface area (Å²) in [6, 6.07) is -0.209. The smallest absolute Gasteiger partial charge is 0.235 e. The molecule has 0 aromatic heterocycles. The average molecular weight is 191 g/mol. The summed E-state index contributed by atoms with van der Waals surface area (Å²) in [5.74, 6) is 0.546. The van der Waals surface area contributed by atoms with E-state index in [0.717, 1.165) is 5.75 Å². The minimum atomic E-state index is -0.575. The maximum Gasteiger partial charge on any atom is 0.235 e. The highest BCUT2D eigenvalue weighted by atomic mass is 32.2. The number of primary amides is 1. The number of rotatable bonds is 6. The monoisotopic (exact) mass is 191 g/mol. The van der Waals surface area contributed by atoms with Crippen molar-refractivity contribution in [1.82, 2.24) is 5.32 Å². The molecule has 5 N–H and O–H groups in total. The Bertz CT molecular complexity index is 143. The molecule has 0 bridgehead atoms. The molecule has 0 radical (unpaired) electrons. The summed E-state index contributed by atoms with van der Waals surface area (Å²) in [6.07, 6.45) is 2.03. The van der Waals surface area contributed by atoms with Crippen molar-refractivity contribution in [3.63, 3.8) is 0 Å². The van der Waals surface area contributed by atoms with Crippen molar-refractivity contribution in [2.24, 2.45) is 11.5 Å². The normalized spacial score (nSPS) is 15.6. The van der Waals surface area contributed by atoms with Crippen molar-refractivity contribution < 1.29 is 4.79 Å². The van der Waals surface area contributed by atoms with Gasteiger partial charge in [-0.05, 0) is 13.2 Å². The molecule has 4 nitrogen and oxygen atoms in total. The number of amides is 1. The lowest BCUT2D eigenvalue weighted by molar-refractivity contribution is -0.119. The molecular weight excluding hydrogens is 174 g/mol. The first kappa shape index (κ1) is 11.7. The third-order valence-corrected chi connectivity index (χ3v) is 2.30. The minimum Gasteiger partial charge on any atom is -0.368 e. The summed E-state index contributed by atoms with van der Waals surface area (Å²) in [7, 11) is 0. The van der Waals surface area contributed by atoms with E-state index in [4.69, 9.17) is 11.5 Å². The van der Waals surface area contributed by atoms with E-state index >= 15 is 0 Å². The molecule has 0 aliphatic rings. The minimum absolute atomic E-state index is 0.366. The van der Waals surface area contributed by atoms with Crippen LogP contribution in [0.25, 0.3) is 0 Å². The summed E-state index contributed by atoms with van der Waals surface area (Å²) in [4.78, 5) is 10.5. The summed E-state index contributed by atoms with van der Waals surface area (Å²) in [6.45, 7) is 2.50. The number of carbonyl (C=O) groups excluding carboxylic acids is 1. The maximum absolute atomic E-state index is 10.5. The number of thioether (sulfide) groups is 1. The largest absolute Gasteiger partial charge is 0.368 e. The number of hydrogen-bond donors (Lipinski definition) is 3. The Hall–Kier alpha value is -0.260. The van der Waals surface area contributed by atoms with Crippen LogP contribution >= 0.6 is 11.8 Å². The van der Waals surface area contributed by atoms with Gasteiger partial charge in [-0.2, -0.15) is 11.8 Å².